The number of hydrogen-bond donors (Lipinski definition) is 1. The quantitative estimate of drug-likeness (QED) is 0.792. The van der Waals surface area contributed by atoms with E-state index in [9.17, 15) is 0 Å². The molecular weight excluding hydrogens is 224 g/mol. The summed E-state index contributed by atoms with van der Waals surface area (Å²) in [6, 6.07) is 5.98. The van der Waals surface area contributed by atoms with Crippen molar-refractivity contribution in [3.8, 4) is 0 Å². The summed E-state index contributed by atoms with van der Waals surface area (Å²) in [5.41, 5.74) is 1.08. The molecule has 0 radical (unpaired) electrons. The SMILES string of the molecule is CC(C)c1nccn1CCNCc1ccccn1. The van der Waals surface area contributed by atoms with Gasteiger partial charge in [0.25, 0.3) is 0 Å². The molecule has 0 aliphatic heterocycles. The van der Waals surface area contributed by atoms with Gasteiger partial charge >= 0.3 is 0 Å². The maximum absolute atomic E-state index is 4.38. The van der Waals surface area contributed by atoms with Gasteiger partial charge in [-0.2, -0.15) is 0 Å². The van der Waals surface area contributed by atoms with E-state index in [2.05, 4.69) is 33.7 Å². The monoisotopic (exact) mass is 244 g/mol. The Kier molecular flexibility index (Phi) is 4.47. The van der Waals surface area contributed by atoms with Gasteiger partial charge in [0.1, 0.15) is 5.82 Å². The zero-order chi connectivity index (χ0) is 12.8. The first kappa shape index (κ1) is 12.8. The molecule has 4 nitrogen and oxygen atoms in total. The number of imidazole rings is 1. The Bertz CT molecular complexity index is 462. The maximum atomic E-state index is 4.38. The van der Waals surface area contributed by atoms with E-state index < -0.39 is 0 Å². The minimum atomic E-state index is 0.468. The van der Waals surface area contributed by atoms with Crippen LogP contribution in [0.15, 0.2) is 36.8 Å². The predicted octanol–water partition coefficient (Wildman–Crippen LogP) is 2.19. The molecule has 1 N–H and O–H groups in total. The van der Waals surface area contributed by atoms with Crippen LogP contribution in [0.25, 0.3) is 0 Å². The molecule has 2 rings (SSSR count). The smallest absolute Gasteiger partial charge is 0.111 e. The summed E-state index contributed by atoms with van der Waals surface area (Å²) in [5, 5.41) is 3.39. The van der Waals surface area contributed by atoms with Gasteiger partial charge in [0.05, 0.1) is 5.69 Å². The number of aromatic nitrogens is 3. The van der Waals surface area contributed by atoms with Gasteiger partial charge in [0.15, 0.2) is 0 Å². The van der Waals surface area contributed by atoms with Crippen LogP contribution in [-0.2, 0) is 13.1 Å². The van der Waals surface area contributed by atoms with E-state index >= 15 is 0 Å². The number of nitrogens with one attached hydrogen (secondary N) is 1. The van der Waals surface area contributed by atoms with E-state index in [1.165, 1.54) is 0 Å². The van der Waals surface area contributed by atoms with Crippen molar-refractivity contribution in [1.29, 1.82) is 0 Å². The van der Waals surface area contributed by atoms with Gasteiger partial charge in [-0.05, 0) is 12.1 Å². The first-order valence-electron chi connectivity index (χ1n) is 6.39. The second kappa shape index (κ2) is 6.31. The van der Waals surface area contributed by atoms with Gasteiger partial charge in [0, 0.05) is 44.1 Å². The van der Waals surface area contributed by atoms with Crippen LogP contribution < -0.4 is 5.32 Å². The van der Waals surface area contributed by atoms with Crippen LogP contribution in [0.2, 0.25) is 0 Å². The van der Waals surface area contributed by atoms with Gasteiger partial charge in [-0.1, -0.05) is 19.9 Å². The molecule has 2 aromatic heterocycles. The van der Waals surface area contributed by atoms with E-state index in [1.54, 1.807) is 0 Å². The van der Waals surface area contributed by atoms with Crippen LogP contribution in [0.4, 0.5) is 0 Å². The van der Waals surface area contributed by atoms with Crippen LogP contribution in [0, 0.1) is 0 Å². The molecule has 0 saturated carbocycles. The summed E-state index contributed by atoms with van der Waals surface area (Å²) >= 11 is 0. The Morgan fingerprint density at radius 1 is 1.22 bits per heavy atom. The predicted molar refractivity (Wildman–Crippen MR) is 72.3 cm³/mol. The molecule has 2 aromatic rings. The van der Waals surface area contributed by atoms with Crippen LogP contribution in [0.1, 0.15) is 31.3 Å². The number of rotatable bonds is 6. The number of hydrogen-bond acceptors (Lipinski definition) is 3. The summed E-state index contributed by atoms with van der Waals surface area (Å²) in [6.45, 7) is 7.01. The van der Waals surface area contributed by atoms with E-state index in [0.29, 0.717) is 5.92 Å². The Hall–Kier alpha value is -1.68. The highest BCUT2D eigenvalue weighted by molar-refractivity contribution is 5.03. The summed E-state index contributed by atoms with van der Waals surface area (Å²) in [5.74, 6) is 1.62. The van der Waals surface area contributed by atoms with Crippen molar-refractivity contribution in [3.63, 3.8) is 0 Å². The molecule has 0 unspecified atom stereocenters. The molecule has 2 heterocycles. The minimum absolute atomic E-state index is 0.468. The summed E-state index contributed by atoms with van der Waals surface area (Å²) in [6.07, 6.45) is 5.73. The van der Waals surface area contributed by atoms with E-state index in [-0.39, 0.29) is 0 Å². The highest BCUT2D eigenvalue weighted by Crippen LogP contribution is 2.10. The van der Waals surface area contributed by atoms with Crippen molar-refractivity contribution < 1.29 is 0 Å². The lowest BCUT2D eigenvalue weighted by molar-refractivity contribution is 0.562. The summed E-state index contributed by atoms with van der Waals surface area (Å²) < 4.78 is 2.20. The molecule has 0 fully saturated rings. The molecule has 4 heteroatoms. The summed E-state index contributed by atoms with van der Waals surface area (Å²) in [7, 11) is 0. The highest BCUT2D eigenvalue weighted by Gasteiger charge is 2.05. The van der Waals surface area contributed by atoms with Crippen molar-refractivity contribution in [2.75, 3.05) is 6.54 Å². The third-order valence-electron chi connectivity index (χ3n) is 2.83. The van der Waals surface area contributed by atoms with E-state index in [0.717, 1.165) is 31.2 Å². The van der Waals surface area contributed by atoms with Crippen LogP contribution in [0.5, 0.6) is 0 Å². The zero-order valence-corrected chi connectivity index (χ0v) is 11.0. The fourth-order valence-electron chi connectivity index (χ4n) is 1.93. The van der Waals surface area contributed by atoms with Gasteiger partial charge in [-0.25, -0.2) is 4.98 Å². The second-order valence-corrected chi connectivity index (χ2v) is 4.63. The lowest BCUT2D eigenvalue weighted by Crippen LogP contribution is -2.21. The lowest BCUT2D eigenvalue weighted by atomic mass is 10.2. The van der Waals surface area contributed by atoms with Crippen molar-refractivity contribution in [3.05, 3.63) is 48.3 Å². The molecule has 0 amide bonds. The highest BCUT2D eigenvalue weighted by atomic mass is 15.1. The van der Waals surface area contributed by atoms with Gasteiger partial charge in [-0.15, -0.1) is 0 Å². The molecule has 0 aliphatic carbocycles. The molecule has 0 atom stereocenters. The third-order valence-corrected chi connectivity index (χ3v) is 2.83. The Morgan fingerprint density at radius 2 is 2.11 bits per heavy atom. The average molecular weight is 244 g/mol. The average Bonchev–Trinajstić information content (AvgIpc) is 2.84. The van der Waals surface area contributed by atoms with Crippen molar-refractivity contribution >= 4 is 0 Å². The Balaban J connectivity index is 1.77. The Morgan fingerprint density at radius 3 is 2.83 bits per heavy atom. The second-order valence-electron chi connectivity index (χ2n) is 4.63. The van der Waals surface area contributed by atoms with Crippen LogP contribution in [0.3, 0.4) is 0 Å². The molecule has 96 valence electrons. The van der Waals surface area contributed by atoms with E-state index in [1.807, 2.05) is 36.8 Å². The molecule has 0 bridgehead atoms. The number of nitrogens with zero attached hydrogens (tertiary/aromatic N) is 3. The topological polar surface area (TPSA) is 42.7 Å². The first-order chi connectivity index (χ1) is 8.77. The van der Waals surface area contributed by atoms with Crippen molar-refractivity contribution in [1.82, 2.24) is 19.9 Å². The fourth-order valence-corrected chi connectivity index (χ4v) is 1.93. The zero-order valence-electron chi connectivity index (χ0n) is 11.0. The van der Waals surface area contributed by atoms with E-state index in [4.69, 9.17) is 0 Å². The number of pyridine rings is 1. The van der Waals surface area contributed by atoms with Crippen LogP contribution >= 0.6 is 0 Å². The van der Waals surface area contributed by atoms with Crippen molar-refractivity contribution in [2.24, 2.45) is 0 Å². The maximum Gasteiger partial charge on any atom is 0.111 e. The molecular formula is C14H20N4. The summed E-state index contributed by atoms with van der Waals surface area (Å²) in [4.78, 5) is 8.65. The molecule has 0 spiro atoms. The largest absolute Gasteiger partial charge is 0.333 e. The van der Waals surface area contributed by atoms with Gasteiger partial charge < -0.3 is 9.88 Å². The normalized spacial score (nSPS) is 11.1. The Labute approximate surface area is 108 Å². The third kappa shape index (κ3) is 3.40. The first-order valence-corrected chi connectivity index (χ1v) is 6.39. The van der Waals surface area contributed by atoms with Crippen molar-refractivity contribution in [2.45, 2.75) is 32.9 Å². The van der Waals surface area contributed by atoms with Crippen LogP contribution in [-0.4, -0.2) is 21.1 Å². The molecule has 0 saturated heterocycles. The lowest BCUT2D eigenvalue weighted by Gasteiger charge is -2.10. The minimum Gasteiger partial charge on any atom is -0.333 e. The molecule has 0 aromatic carbocycles. The standard InChI is InChI=1S/C14H20N4/c1-12(2)14-17-8-10-18(14)9-7-15-11-13-5-3-4-6-16-13/h3-6,8,10,12,15H,7,9,11H2,1-2H3. The fraction of sp³-hybridized carbons (Fsp3) is 0.429. The molecule has 0 aliphatic rings. The van der Waals surface area contributed by atoms with Gasteiger partial charge in [-0.3, -0.25) is 4.98 Å². The molecule has 18 heavy (non-hydrogen) atoms. The van der Waals surface area contributed by atoms with Gasteiger partial charge in [0.2, 0.25) is 0 Å².